The number of carbonyl (C=O) groups is 1. The molecule has 1 unspecified atom stereocenters. The van der Waals surface area contributed by atoms with Gasteiger partial charge in [0, 0.05) is 52.5 Å². The summed E-state index contributed by atoms with van der Waals surface area (Å²) in [5.41, 5.74) is 2.82. The topological polar surface area (TPSA) is 78.5 Å². The van der Waals surface area contributed by atoms with Crippen LogP contribution in [0.5, 0.6) is 5.75 Å². The third-order valence-electron chi connectivity index (χ3n) is 7.08. The highest BCUT2D eigenvalue weighted by molar-refractivity contribution is 7.82. The Balaban J connectivity index is 1.40. The van der Waals surface area contributed by atoms with E-state index in [4.69, 9.17) is 9.47 Å². The lowest BCUT2D eigenvalue weighted by molar-refractivity contribution is -0.135. The summed E-state index contributed by atoms with van der Waals surface area (Å²) in [7, 11) is 8.13. The second-order valence-electron chi connectivity index (χ2n) is 10.2. The van der Waals surface area contributed by atoms with E-state index < -0.39 is 11.0 Å². The first-order valence-corrected chi connectivity index (χ1v) is 14.2. The quantitative estimate of drug-likeness (QED) is 0.380. The molecular formula is C28H43N5O4S. The van der Waals surface area contributed by atoms with E-state index in [9.17, 15) is 9.00 Å². The van der Waals surface area contributed by atoms with Gasteiger partial charge in [0.2, 0.25) is 5.91 Å². The van der Waals surface area contributed by atoms with Crippen LogP contribution in [0.1, 0.15) is 29.5 Å². The van der Waals surface area contributed by atoms with E-state index in [2.05, 4.69) is 28.9 Å². The molecule has 0 radical (unpaired) electrons. The van der Waals surface area contributed by atoms with Crippen molar-refractivity contribution >= 4 is 22.7 Å². The minimum atomic E-state index is -1.33. The number of likely N-dealkylation sites (N-methyl/N-ethyl adjacent to an activating group) is 2. The fraction of sp³-hybridized carbons (Fsp3) is 0.571. The zero-order chi connectivity index (χ0) is 27.8. The van der Waals surface area contributed by atoms with Gasteiger partial charge in [-0.15, -0.1) is 0 Å². The van der Waals surface area contributed by atoms with Gasteiger partial charge in [0.1, 0.15) is 29.2 Å². The van der Waals surface area contributed by atoms with Crippen molar-refractivity contribution in [2.75, 3.05) is 73.0 Å². The number of carbonyl (C=O) groups excluding carboxylic acids is 1. The lowest BCUT2D eigenvalue weighted by Gasteiger charge is -2.35. The molecule has 1 aliphatic rings. The summed E-state index contributed by atoms with van der Waals surface area (Å²) in [6.45, 7) is 7.06. The summed E-state index contributed by atoms with van der Waals surface area (Å²) >= 11 is 0. The van der Waals surface area contributed by atoms with E-state index in [1.54, 1.807) is 30.4 Å². The SMILES string of the molecule is COc1cc(C)c(S(=O)N(C)CCOCC(=O)N(C)Cc2ccc(N3CCC(N(C)C)CC3)nc2)c(C)c1. The Kier molecular flexibility index (Phi) is 11.1. The first-order chi connectivity index (χ1) is 18.1. The van der Waals surface area contributed by atoms with Crippen molar-refractivity contribution in [3.63, 3.8) is 0 Å². The summed E-state index contributed by atoms with van der Waals surface area (Å²) in [4.78, 5) is 24.3. The normalized spacial score (nSPS) is 15.2. The molecule has 0 bridgehead atoms. The molecule has 0 saturated carbocycles. The Morgan fingerprint density at radius 1 is 1.11 bits per heavy atom. The Morgan fingerprint density at radius 3 is 2.32 bits per heavy atom. The van der Waals surface area contributed by atoms with Crippen molar-refractivity contribution < 1.29 is 18.5 Å². The molecule has 0 spiro atoms. The molecule has 1 aromatic heterocycles. The third-order valence-corrected chi connectivity index (χ3v) is 8.82. The molecular weight excluding hydrogens is 502 g/mol. The molecule has 0 N–H and O–H groups in total. The van der Waals surface area contributed by atoms with E-state index in [1.807, 2.05) is 44.3 Å². The van der Waals surface area contributed by atoms with Gasteiger partial charge < -0.3 is 24.2 Å². The molecule has 1 amide bonds. The fourth-order valence-electron chi connectivity index (χ4n) is 4.68. The van der Waals surface area contributed by atoms with Crippen molar-refractivity contribution in [2.24, 2.45) is 0 Å². The number of amides is 1. The van der Waals surface area contributed by atoms with Crippen LogP contribution in [0.15, 0.2) is 35.4 Å². The number of anilines is 1. The van der Waals surface area contributed by atoms with E-state index >= 15 is 0 Å². The Bertz CT molecular complexity index is 1060. The number of hydrogen-bond acceptors (Lipinski definition) is 7. The molecule has 0 aliphatic carbocycles. The highest BCUT2D eigenvalue weighted by Gasteiger charge is 2.21. The fourth-order valence-corrected chi connectivity index (χ4v) is 5.90. The molecule has 2 heterocycles. The lowest BCUT2D eigenvalue weighted by Crippen LogP contribution is -2.42. The summed E-state index contributed by atoms with van der Waals surface area (Å²) in [5.74, 6) is 1.64. The van der Waals surface area contributed by atoms with E-state index in [0.29, 0.717) is 25.7 Å². The molecule has 210 valence electrons. The molecule has 1 aliphatic heterocycles. The number of hydrogen-bond donors (Lipinski definition) is 0. The second-order valence-corrected chi connectivity index (χ2v) is 11.7. The van der Waals surface area contributed by atoms with Gasteiger partial charge in [-0.2, -0.15) is 0 Å². The maximum atomic E-state index is 13.0. The van der Waals surface area contributed by atoms with Crippen LogP contribution in [0.3, 0.4) is 0 Å². The minimum Gasteiger partial charge on any atom is -0.497 e. The molecule has 1 saturated heterocycles. The van der Waals surface area contributed by atoms with E-state index in [1.165, 1.54) is 0 Å². The number of aromatic nitrogens is 1. The van der Waals surface area contributed by atoms with Crippen molar-refractivity contribution in [1.82, 2.24) is 19.1 Å². The number of methoxy groups -OCH3 is 1. The van der Waals surface area contributed by atoms with Crippen molar-refractivity contribution in [2.45, 2.75) is 44.2 Å². The van der Waals surface area contributed by atoms with Gasteiger partial charge in [-0.25, -0.2) is 13.5 Å². The predicted molar refractivity (Wildman–Crippen MR) is 152 cm³/mol. The van der Waals surface area contributed by atoms with Gasteiger partial charge in [-0.05, 0) is 75.7 Å². The van der Waals surface area contributed by atoms with Crippen LogP contribution in [0.4, 0.5) is 5.82 Å². The molecule has 10 heteroatoms. The van der Waals surface area contributed by atoms with Gasteiger partial charge in [-0.1, -0.05) is 6.07 Å². The van der Waals surface area contributed by atoms with Gasteiger partial charge in [0.15, 0.2) is 0 Å². The first-order valence-electron chi connectivity index (χ1n) is 13.1. The van der Waals surface area contributed by atoms with Crippen molar-refractivity contribution in [1.29, 1.82) is 0 Å². The standard InChI is InChI=1S/C28H43N5O4S/c1-21-16-25(36-7)17-22(2)28(21)38(35)32(6)14-15-37-20-27(34)31(5)19-23-8-9-26(29-18-23)33-12-10-24(11-13-33)30(3)4/h8-9,16-18,24H,10-15,19-20H2,1-7H3. The summed E-state index contributed by atoms with van der Waals surface area (Å²) < 4.78 is 25.7. The zero-order valence-electron chi connectivity index (χ0n) is 23.9. The molecule has 2 aromatic rings. The largest absolute Gasteiger partial charge is 0.497 e. The number of ether oxygens (including phenoxy) is 2. The molecule has 3 rings (SSSR count). The second kappa shape index (κ2) is 14.0. The van der Waals surface area contributed by atoms with Crippen LogP contribution in [-0.2, 0) is 27.1 Å². The predicted octanol–water partition coefficient (Wildman–Crippen LogP) is 2.87. The van der Waals surface area contributed by atoms with Crippen LogP contribution in [0.2, 0.25) is 0 Å². The maximum Gasteiger partial charge on any atom is 0.248 e. The average Bonchev–Trinajstić information content (AvgIpc) is 2.90. The van der Waals surface area contributed by atoms with Crippen molar-refractivity contribution in [3.05, 3.63) is 47.2 Å². The number of piperidine rings is 1. The molecule has 1 aromatic carbocycles. The number of nitrogens with zero attached hydrogens (tertiary/aromatic N) is 5. The van der Waals surface area contributed by atoms with Gasteiger partial charge >= 0.3 is 0 Å². The summed E-state index contributed by atoms with van der Waals surface area (Å²) in [6, 6.07) is 8.49. The van der Waals surface area contributed by atoms with E-state index in [0.717, 1.165) is 59.1 Å². The van der Waals surface area contributed by atoms with Crippen LogP contribution in [0.25, 0.3) is 0 Å². The van der Waals surface area contributed by atoms with Crippen LogP contribution >= 0.6 is 0 Å². The highest BCUT2D eigenvalue weighted by Crippen LogP contribution is 2.25. The third kappa shape index (κ3) is 7.99. The number of aryl methyl sites for hydroxylation is 2. The Labute approximate surface area is 230 Å². The van der Waals surface area contributed by atoms with Gasteiger partial charge in [0.05, 0.1) is 18.6 Å². The van der Waals surface area contributed by atoms with E-state index in [-0.39, 0.29) is 12.5 Å². The smallest absolute Gasteiger partial charge is 0.248 e. The molecule has 38 heavy (non-hydrogen) atoms. The van der Waals surface area contributed by atoms with Gasteiger partial charge in [-0.3, -0.25) is 4.79 Å². The molecule has 1 fully saturated rings. The average molecular weight is 546 g/mol. The monoisotopic (exact) mass is 545 g/mol. The molecule has 9 nitrogen and oxygen atoms in total. The van der Waals surface area contributed by atoms with Crippen molar-refractivity contribution in [3.8, 4) is 5.75 Å². The number of benzene rings is 1. The number of pyridine rings is 1. The Morgan fingerprint density at radius 2 is 1.76 bits per heavy atom. The van der Waals surface area contributed by atoms with Crippen LogP contribution < -0.4 is 9.64 Å². The summed E-state index contributed by atoms with van der Waals surface area (Å²) in [6.07, 6.45) is 4.13. The van der Waals surface area contributed by atoms with Gasteiger partial charge in [0.25, 0.3) is 0 Å². The zero-order valence-corrected chi connectivity index (χ0v) is 24.7. The maximum absolute atomic E-state index is 13.0. The van der Waals surface area contributed by atoms with Crippen LogP contribution in [0, 0.1) is 13.8 Å². The summed E-state index contributed by atoms with van der Waals surface area (Å²) in [5, 5.41) is 0. The number of rotatable bonds is 12. The molecule has 1 atom stereocenters. The Hall–Kier alpha value is -2.53. The first kappa shape index (κ1) is 30.0. The van der Waals surface area contributed by atoms with Crippen LogP contribution in [-0.4, -0.2) is 103 Å². The minimum absolute atomic E-state index is 0.0239. The lowest BCUT2D eigenvalue weighted by atomic mass is 10.0. The highest BCUT2D eigenvalue weighted by atomic mass is 32.2.